The van der Waals surface area contributed by atoms with Gasteiger partial charge in [0.25, 0.3) is 0 Å². The molecule has 5 atom stereocenters. The zero-order valence-corrected chi connectivity index (χ0v) is 18.9. The Bertz CT molecular complexity index is 1400. The van der Waals surface area contributed by atoms with Gasteiger partial charge in [-0.05, 0) is 39.7 Å². The lowest BCUT2D eigenvalue weighted by molar-refractivity contribution is -0.0891. The first kappa shape index (κ1) is 20.8. The van der Waals surface area contributed by atoms with E-state index in [0.29, 0.717) is 29.1 Å². The second-order valence-corrected chi connectivity index (χ2v) is 9.39. The molecule has 6 N–H and O–H groups in total. The Morgan fingerprint density at radius 3 is 2.88 bits per heavy atom. The first-order valence-corrected chi connectivity index (χ1v) is 11.2. The molecule has 1 aromatic carbocycles. The number of anilines is 2. The number of aliphatic hydroxyl groups excluding tert-OH is 1. The summed E-state index contributed by atoms with van der Waals surface area (Å²) in [6, 6.07) is 9.58. The average molecular weight is 513 g/mol. The lowest BCUT2D eigenvalue weighted by Crippen LogP contribution is -2.48. The summed E-state index contributed by atoms with van der Waals surface area (Å²) >= 11 is 3.40. The Morgan fingerprint density at radius 2 is 2.03 bits per heavy atom. The highest BCUT2D eigenvalue weighted by molar-refractivity contribution is 9.10. The minimum atomic E-state index is -1.55. The van der Waals surface area contributed by atoms with Crippen LogP contribution in [-0.2, 0) is 15.9 Å². The maximum Gasteiger partial charge on any atom is 0.164 e. The van der Waals surface area contributed by atoms with Crippen molar-refractivity contribution in [2.75, 3.05) is 18.1 Å². The molecule has 6 rings (SSSR count). The number of nitrogen functional groups attached to an aromatic ring is 2. The normalized spacial score (nSPS) is 29.2. The van der Waals surface area contributed by atoms with Crippen molar-refractivity contribution < 1.29 is 19.7 Å². The zero-order chi connectivity index (χ0) is 22.9. The van der Waals surface area contributed by atoms with E-state index in [2.05, 4.69) is 30.9 Å². The Hall–Kier alpha value is -2.83. The summed E-state index contributed by atoms with van der Waals surface area (Å²) in [6.45, 7) is -0.0396. The number of hydrogen-bond acceptors (Lipinski definition) is 9. The number of ether oxygens (including phenoxy) is 2. The molecule has 0 unspecified atom stereocenters. The fourth-order valence-corrected chi connectivity index (χ4v) is 5.14. The second kappa shape index (κ2) is 7.34. The largest absolute Gasteiger partial charge is 0.385 e. The van der Waals surface area contributed by atoms with Crippen molar-refractivity contribution in [2.45, 2.75) is 36.6 Å². The SMILES string of the molecule is Nc1nc2cc(C[C@@H]3OC[C@@]4(O)[C@@H]3O[C@@H](n3ccc5c(N)ncnc53)[C@@H]4O)ccc2cc1Br. The summed E-state index contributed by atoms with van der Waals surface area (Å²) < 4.78 is 14.5. The zero-order valence-electron chi connectivity index (χ0n) is 17.3. The van der Waals surface area contributed by atoms with Gasteiger partial charge in [-0.1, -0.05) is 12.1 Å². The molecule has 33 heavy (non-hydrogen) atoms. The number of nitrogens with zero attached hydrogens (tertiary/aromatic N) is 4. The molecule has 0 aliphatic carbocycles. The number of halogens is 1. The molecule has 0 amide bonds. The predicted octanol–water partition coefficient (Wildman–Crippen LogP) is 1.54. The van der Waals surface area contributed by atoms with Crippen LogP contribution in [0.2, 0.25) is 0 Å². The Kier molecular flexibility index (Phi) is 4.61. The highest BCUT2D eigenvalue weighted by Gasteiger charge is 2.62. The minimum absolute atomic E-state index is 0.0396. The van der Waals surface area contributed by atoms with E-state index in [1.54, 1.807) is 16.8 Å². The monoisotopic (exact) mass is 512 g/mol. The van der Waals surface area contributed by atoms with Crippen LogP contribution in [0.5, 0.6) is 0 Å². The van der Waals surface area contributed by atoms with Gasteiger partial charge in [0.2, 0.25) is 0 Å². The molecule has 2 fully saturated rings. The lowest BCUT2D eigenvalue weighted by atomic mass is 9.90. The average Bonchev–Trinajstić information content (AvgIpc) is 3.42. The van der Waals surface area contributed by atoms with Gasteiger partial charge < -0.3 is 35.7 Å². The van der Waals surface area contributed by atoms with E-state index in [9.17, 15) is 10.2 Å². The smallest absolute Gasteiger partial charge is 0.164 e. The van der Waals surface area contributed by atoms with Crippen LogP contribution < -0.4 is 11.5 Å². The number of aliphatic hydroxyl groups is 2. The van der Waals surface area contributed by atoms with Gasteiger partial charge in [-0.25, -0.2) is 15.0 Å². The topological polar surface area (TPSA) is 155 Å². The van der Waals surface area contributed by atoms with Crippen molar-refractivity contribution in [3.8, 4) is 0 Å². The van der Waals surface area contributed by atoms with Crippen molar-refractivity contribution in [3.63, 3.8) is 0 Å². The molecule has 2 aliphatic heterocycles. The van der Waals surface area contributed by atoms with E-state index in [0.717, 1.165) is 20.9 Å². The highest BCUT2D eigenvalue weighted by Crippen LogP contribution is 2.45. The van der Waals surface area contributed by atoms with Crippen molar-refractivity contribution in [3.05, 3.63) is 52.9 Å². The number of hydrogen-bond donors (Lipinski definition) is 4. The molecule has 5 heterocycles. The maximum atomic E-state index is 11.3. The van der Waals surface area contributed by atoms with Crippen LogP contribution in [0.1, 0.15) is 11.8 Å². The van der Waals surface area contributed by atoms with Gasteiger partial charge in [0.1, 0.15) is 41.4 Å². The van der Waals surface area contributed by atoms with E-state index >= 15 is 0 Å². The lowest BCUT2D eigenvalue weighted by Gasteiger charge is -2.24. The van der Waals surface area contributed by atoms with Gasteiger partial charge in [0.05, 0.1) is 28.1 Å². The van der Waals surface area contributed by atoms with Gasteiger partial charge >= 0.3 is 0 Å². The number of benzene rings is 1. The third-order valence-corrected chi connectivity index (χ3v) is 7.18. The molecule has 2 saturated heterocycles. The molecule has 4 aromatic rings. The summed E-state index contributed by atoms with van der Waals surface area (Å²) in [5.74, 6) is 0.753. The molecule has 10 nitrogen and oxygen atoms in total. The number of rotatable bonds is 3. The van der Waals surface area contributed by atoms with Crippen molar-refractivity contribution in [1.29, 1.82) is 0 Å². The second-order valence-electron chi connectivity index (χ2n) is 8.54. The first-order chi connectivity index (χ1) is 15.8. The molecule has 11 heteroatoms. The highest BCUT2D eigenvalue weighted by atomic mass is 79.9. The van der Waals surface area contributed by atoms with Gasteiger partial charge in [0, 0.05) is 18.0 Å². The molecule has 0 bridgehead atoms. The van der Waals surface area contributed by atoms with E-state index in [-0.39, 0.29) is 6.61 Å². The number of fused-ring (bicyclic) bond motifs is 3. The van der Waals surface area contributed by atoms with Crippen LogP contribution in [0, 0.1) is 0 Å². The van der Waals surface area contributed by atoms with Crippen LogP contribution in [0.15, 0.2) is 47.3 Å². The first-order valence-electron chi connectivity index (χ1n) is 10.4. The van der Waals surface area contributed by atoms with E-state index in [4.69, 9.17) is 20.9 Å². The fourth-order valence-electron chi connectivity index (χ4n) is 4.80. The number of pyridine rings is 1. The standard InChI is InChI=1S/C22H21BrN6O4/c23-13-7-11-2-1-10(5-14(11)28-19(13)25)6-15-17-22(31,8-32-15)16(30)21(33-17)29-4-3-12-18(24)26-9-27-20(12)29/h1-5,7,9,15-17,21,30-31H,6,8H2,(H2,25,28)(H2,24,26,27)/t15-,16-,17+,21+,22-/m0/s1. The van der Waals surface area contributed by atoms with Gasteiger partial charge in [0.15, 0.2) is 6.23 Å². The fraction of sp³-hybridized carbons (Fsp3) is 0.318. The Balaban J connectivity index is 1.29. The van der Waals surface area contributed by atoms with Crippen LogP contribution in [-0.4, -0.2) is 60.3 Å². The molecule has 0 saturated carbocycles. The molecular weight excluding hydrogens is 492 g/mol. The van der Waals surface area contributed by atoms with Gasteiger partial charge in [-0.2, -0.15) is 0 Å². The van der Waals surface area contributed by atoms with Crippen LogP contribution in [0.25, 0.3) is 21.9 Å². The van der Waals surface area contributed by atoms with Crippen LogP contribution in [0.4, 0.5) is 11.6 Å². The number of aromatic nitrogens is 4. The van der Waals surface area contributed by atoms with Crippen molar-refractivity contribution in [1.82, 2.24) is 19.5 Å². The van der Waals surface area contributed by atoms with E-state index in [1.165, 1.54) is 6.33 Å². The summed E-state index contributed by atoms with van der Waals surface area (Å²) in [5.41, 5.74) is 12.6. The quantitative estimate of drug-likeness (QED) is 0.319. The minimum Gasteiger partial charge on any atom is -0.385 e. The maximum absolute atomic E-state index is 11.3. The third kappa shape index (κ3) is 3.11. The van der Waals surface area contributed by atoms with E-state index < -0.39 is 30.1 Å². The molecule has 170 valence electrons. The van der Waals surface area contributed by atoms with E-state index in [1.807, 2.05) is 24.3 Å². The van der Waals surface area contributed by atoms with Crippen molar-refractivity contribution >= 4 is 49.5 Å². The molecule has 0 radical (unpaired) electrons. The predicted molar refractivity (Wildman–Crippen MR) is 124 cm³/mol. The third-order valence-electron chi connectivity index (χ3n) is 6.54. The Morgan fingerprint density at radius 1 is 1.18 bits per heavy atom. The summed E-state index contributed by atoms with van der Waals surface area (Å²) in [6.07, 6.45) is 0.316. The summed E-state index contributed by atoms with van der Waals surface area (Å²) in [5, 5.41) is 23.9. The molecular formula is C22H21BrN6O4. The Labute approximate surface area is 196 Å². The molecule has 3 aromatic heterocycles. The van der Waals surface area contributed by atoms with Crippen LogP contribution in [0.3, 0.4) is 0 Å². The molecule has 0 spiro atoms. The van der Waals surface area contributed by atoms with Crippen LogP contribution >= 0.6 is 15.9 Å². The van der Waals surface area contributed by atoms with Gasteiger partial charge in [-0.15, -0.1) is 0 Å². The van der Waals surface area contributed by atoms with Crippen molar-refractivity contribution in [2.24, 2.45) is 0 Å². The number of nitrogens with two attached hydrogens (primary N) is 2. The van der Waals surface area contributed by atoms with Gasteiger partial charge in [-0.3, -0.25) is 0 Å². The molecule has 2 aliphatic rings. The summed E-state index contributed by atoms with van der Waals surface area (Å²) in [7, 11) is 0. The summed E-state index contributed by atoms with van der Waals surface area (Å²) in [4.78, 5) is 12.7.